The second kappa shape index (κ2) is 8.72. The van der Waals surface area contributed by atoms with E-state index in [-0.39, 0.29) is 5.91 Å². The average molecular weight is 326 g/mol. The van der Waals surface area contributed by atoms with E-state index in [0.717, 1.165) is 22.4 Å². The molecule has 126 valence electrons. The smallest absolute Gasteiger partial charge is 0.244 e. The molecule has 0 aliphatic heterocycles. The number of carbonyl (C=O) groups is 1. The van der Waals surface area contributed by atoms with E-state index >= 15 is 0 Å². The van der Waals surface area contributed by atoms with E-state index < -0.39 is 0 Å². The van der Waals surface area contributed by atoms with Crippen molar-refractivity contribution in [2.24, 2.45) is 0 Å². The molecule has 1 heterocycles. The van der Waals surface area contributed by atoms with Gasteiger partial charge in [-0.05, 0) is 38.1 Å². The molecule has 1 amide bonds. The van der Waals surface area contributed by atoms with Gasteiger partial charge in [0.05, 0.1) is 13.7 Å². The van der Waals surface area contributed by atoms with Gasteiger partial charge in [0.15, 0.2) is 0 Å². The van der Waals surface area contributed by atoms with Crippen LogP contribution in [0.15, 0.2) is 42.6 Å². The molecule has 0 radical (unpaired) electrons. The highest BCUT2D eigenvalue weighted by atomic mass is 16.5. The second-order valence-corrected chi connectivity index (χ2v) is 5.20. The second-order valence-electron chi connectivity index (χ2n) is 5.20. The Bertz CT molecular complexity index is 726. The third-order valence-corrected chi connectivity index (χ3v) is 3.38. The summed E-state index contributed by atoms with van der Waals surface area (Å²) in [7, 11) is 1.61. The maximum absolute atomic E-state index is 12.0. The zero-order valence-corrected chi connectivity index (χ0v) is 14.2. The van der Waals surface area contributed by atoms with Crippen LogP contribution in [-0.4, -0.2) is 24.6 Å². The average Bonchev–Trinajstić information content (AvgIpc) is 2.59. The number of aryl methyl sites for hydroxylation is 1. The minimum Gasteiger partial charge on any atom is -0.496 e. The summed E-state index contributed by atoms with van der Waals surface area (Å²) in [6.45, 7) is 4.78. The first-order chi connectivity index (χ1) is 11.6. The highest BCUT2D eigenvalue weighted by Gasteiger charge is 2.05. The first-order valence-electron chi connectivity index (χ1n) is 7.81. The number of nitrogens with one attached hydrogen (secondary N) is 1. The molecule has 1 aromatic heterocycles. The van der Waals surface area contributed by atoms with Crippen LogP contribution in [0.3, 0.4) is 0 Å². The number of benzene rings is 1. The first-order valence-corrected chi connectivity index (χ1v) is 7.81. The quantitative estimate of drug-likeness (QED) is 0.794. The lowest BCUT2D eigenvalue weighted by Crippen LogP contribution is -2.20. The largest absolute Gasteiger partial charge is 0.496 e. The van der Waals surface area contributed by atoms with Crippen molar-refractivity contribution in [2.45, 2.75) is 20.4 Å². The van der Waals surface area contributed by atoms with Gasteiger partial charge in [0.25, 0.3) is 0 Å². The predicted octanol–water partition coefficient (Wildman–Crippen LogP) is 3.13. The number of ether oxygens (including phenoxy) is 2. The van der Waals surface area contributed by atoms with Crippen LogP contribution in [0.5, 0.6) is 11.6 Å². The highest BCUT2D eigenvalue weighted by molar-refractivity contribution is 5.92. The van der Waals surface area contributed by atoms with Crippen LogP contribution in [0.1, 0.15) is 23.6 Å². The monoisotopic (exact) mass is 326 g/mol. The van der Waals surface area contributed by atoms with E-state index in [1.165, 1.54) is 6.08 Å². The van der Waals surface area contributed by atoms with Crippen molar-refractivity contribution in [3.8, 4) is 11.6 Å². The van der Waals surface area contributed by atoms with Gasteiger partial charge in [-0.15, -0.1) is 0 Å². The first kappa shape index (κ1) is 17.5. The summed E-state index contributed by atoms with van der Waals surface area (Å²) >= 11 is 0. The Morgan fingerprint density at radius 2 is 2.17 bits per heavy atom. The van der Waals surface area contributed by atoms with Gasteiger partial charge in [0.2, 0.25) is 11.8 Å². The van der Waals surface area contributed by atoms with Crippen molar-refractivity contribution < 1.29 is 14.3 Å². The number of methoxy groups -OCH3 is 1. The van der Waals surface area contributed by atoms with E-state index in [0.29, 0.717) is 19.0 Å². The summed E-state index contributed by atoms with van der Waals surface area (Å²) < 4.78 is 10.7. The molecule has 0 fully saturated rings. The Kier molecular flexibility index (Phi) is 6.37. The minimum absolute atomic E-state index is 0.190. The molecular formula is C19H22N2O3. The van der Waals surface area contributed by atoms with Gasteiger partial charge in [-0.1, -0.05) is 17.7 Å². The van der Waals surface area contributed by atoms with Crippen molar-refractivity contribution in [3.63, 3.8) is 0 Å². The van der Waals surface area contributed by atoms with Crippen LogP contribution in [-0.2, 0) is 11.3 Å². The lowest BCUT2D eigenvalue weighted by molar-refractivity contribution is -0.116. The molecule has 5 heteroatoms. The number of carbonyl (C=O) groups excluding carboxylic acids is 1. The highest BCUT2D eigenvalue weighted by Crippen LogP contribution is 2.21. The Balaban J connectivity index is 2.00. The standard InChI is InChI=1S/C19H22N2O3/c1-4-24-19-16(6-5-11-20-19)13-21-18(22)10-8-15-12-14(2)7-9-17(15)23-3/h5-12H,4,13H2,1-3H3,(H,21,22)/b10-8+. The van der Waals surface area contributed by atoms with Gasteiger partial charge in [0, 0.05) is 29.9 Å². The maximum Gasteiger partial charge on any atom is 0.244 e. The zero-order valence-electron chi connectivity index (χ0n) is 14.2. The van der Waals surface area contributed by atoms with Crippen LogP contribution < -0.4 is 14.8 Å². The van der Waals surface area contributed by atoms with Crippen LogP contribution in [0.4, 0.5) is 0 Å². The molecule has 0 aliphatic rings. The molecule has 0 atom stereocenters. The zero-order chi connectivity index (χ0) is 17.4. The van der Waals surface area contributed by atoms with Gasteiger partial charge in [-0.25, -0.2) is 4.98 Å². The fourth-order valence-corrected chi connectivity index (χ4v) is 2.22. The van der Waals surface area contributed by atoms with Crippen molar-refractivity contribution in [1.82, 2.24) is 10.3 Å². The van der Waals surface area contributed by atoms with Crippen molar-refractivity contribution in [2.75, 3.05) is 13.7 Å². The molecule has 24 heavy (non-hydrogen) atoms. The summed E-state index contributed by atoms with van der Waals surface area (Å²) in [6.07, 6.45) is 4.90. The molecule has 1 N–H and O–H groups in total. The van der Waals surface area contributed by atoms with Crippen molar-refractivity contribution in [1.29, 1.82) is 0 Å². The minimum atomic E-state index is -0.190. The van der Waals surface area contributed by atoms with E-state index in [1.807, 2.05) is 44.2 Å². The van der Waals surface area contributed by atoms with Gasteiger partial charge in [-0.2, -0.15) is 0 Å². The fourth-order valence-electron chi connectivity index (χ4n) is 2.22. The lowest BCUT2D eigenvalue weighted by atomic mass is 10.1. The molecule has 0 saturated carbocycles. The van der Waals surface area contributed by atoms with Gasteiger partial charge >= 0.3 is 0 Å². The molecule has 1 aromatic carbocycles. The third kappa shape index (κ3) is 4.84. The van der Waals surface area contributed by atoms with Crippen molar-refractivity contribution in [3.05, 3.63) is 59.3 Å². The summed E-state index contributed by atoms with van der Waals surface area (Å²) in [5, 5.41) is 2.83. The fraction of sp³-hybridized carbons (Fsp3) is 0.263. The van der Waals surface area contributed by atoms with Crippen LogP contribution in [0, 0.1) is 6.92 Å². The van der Waals surface area contributed by atoms with Gasteiger partial charge < -0.3 is 14.8 Å². The van der Waals surface area contributed by atoms with E-state index in [9.17, 15) is 4.79 Å². The lowest BCUT2D eigenvalue weighted by Gasteiger charge is -2.09. The van der Waals surface area contributed by atoms with Crippen LogP contribution in [0.2, 0.25) is 0 Å². The molecule has 0 spiro atoms. The van der Waals surface area contributed by atoms with Crippen LogP contribution in [0.25, 0.3) is 6.08 Å². The predicted molar refractivity (Wildman–Crippen MR) is 94.0 cm³/mol. The number of aromatic nitrogens is 1. The summed E-state index contributed by atoms with van der Waals surface area (Å²) in [4.78, 5) is 16.2. The number of amides is 1. The summed E-state index contributed by atoms with van der Waals surface area (Å²) in [5.74, 6) is 1.09. The number of hydrogen-bond acceptors (Lipinski definition) is 4. The number of pyridine rings is 1. The molecular weight excluding hydrogens is 304 g/mol. The molecule has 2 rings (SSSR count). The molecule has 2 aromatic rings. The number of nitrogens with zero attached hydrogens (tertiary/aromatic N) is 1. The van der Waals surface area contributed by atoms with E-state index in [1.54, 1.807) is 19.4 Å². The molecule has 0 aliphatic carbocycles. The van der Waals surface area contributed by atoms with Gasteiger partial charge in [0.1, 0.15) is 5.75 Å². The Labute approximate surface area is 142 Å². The summed E-state index contributed by atoms with van der Waals surface area (Å²) in [6, 6.07) is 9.52. The van der Waals surface area contributed by atoms with E-state index in [4.69, 9.17) is 9.47 Å². The Morgan fingerprint density at radius 1 is 1.33 bits per heavy atom. The number of rotatable bonds is 7. The van der Waals surface area contributed by atoms with Gasteiger partial charge in [-0.3, -0.25) is 4.79 Å². The SMILES string of the molecule is CCOc1ncccc1CNC(=O)/C=C/c1cc(C)ccc1OC. The maximum atomic E-state index is 12.0. The van der Waals surface area contributed by atoms with E-state index in [2.05, 4.69) is 10.3 Å². The Hall–Kier alpha value is -2.82. The Morgan fingerprint density at radius 3 is 2.92 bits per heavy atom. The third-order valence-electron chi connectivity index (χ3n) is 3.38. The number of hydrogen-bond donors (Lipinski definition) is 1. The molecule has 0 saturated heterocycles. The topological polar surface area (TPSA) is 60.5 Å². The van der Waals surface area contributed by atoms with Crippen LogP contribution >= 0.6 is 0 Å². The molecule has 5 nitrogen and oxygen atoms in total. The summed E-state index contributed by atoms with van der Waals surface area (Å²) in [5.41, 5.74) is 2.81. The molecule has 0 unspecified atom stereocenters. The molecule has 0 bridgehead atoms. The normalized spacial score (nSPS) is 10.6. The van der Waals surface area contributed by atoms with Crippen molar-refractivity contribution >= 4 is 12.0 Å².